The molecule has 1 aromatic heterocycles. The summed E-state index contributed by atoms with van der Waals surface area (Å²) in [5, 5.41) is 11.9. The van der Waals surface area contributed by atoms with E-state index in [0.29, 0.717) is 11.1 Å². The van der Waals surface area contributed by atoms with Gasteiger partial charge in [0.05, 0.1) is 19.6 Å². The van der Waals surface area contributed by atoms with Gasteiger partial charge in [-0.15, -0.1) is 0 Å². The summed E-state index contributed by atoms with van der Waals surface area (Å²) in [7, 11) is 2.97. The molecule has 0 saturated carbocycles. The Balaban J connectivity index is 1.69. The van der Waals surface area contributed by atoms with Crippen LogP contribution >= 0.6 is 0 Å². The highest BCUT2D eigenvalue weighted by atomic mass is 16.5. The third kappa shape index (κ3) is 4.38. The molecule has 0 spiro atoms. The highest BCUT2D eigenvalue weighted by molar-refractivity contribution is 6.12. The molecule has 0 aliphatic rings. The molecule has 0 unspecified atom stereocenters. The molecule has 1 heterocycles. The molecule has 0 saturated heterocycles. The van der Waals surface area contributed by atoms with Gasteiger partial charge in [0, 0.05) is 17.5 Å². The van der Waals surface area contributed by atoms with Crippen molar-refractivity contribution in [2.45, 2.75) is 13.2 Å². The quantitative estimate of drug-likeness (QED) is 0.219. The van der Waals surface area contributed by atoms with Gasteiger partial charge in [-0.05, 0) is 17.2 Å². The van der Waals surface area contributed by atoms with Crippen LogP contribution in [-0.4, -0.2) is 19.3 Å². The maximum absolute atomic E-state index is 13.3. The standard InChI is InChI=1S/C29H24O7/c1-32-20-13-21-25-22(30)15-24(33-2)27(35-17-19-11-7-4-8-12-19)28(25)36-29(31)26(21)23(14-20)34-16-18-9-5-3-6-10-18/h3-15,30H,16-17H2,1-2H3. The molecule has 1 N–H and O–H groups in total. The molecule has 182 valence electrons. The van der Waals surface area contributed by atoms with Crippen LogP contribution in [0.2, 0.25) is 0 Å². The lowest BCUT2D eigenvalue weighted by molar-refractivity contribution is 0.282. The Labute approximate surface area is 207 Å². The zero-order valence-corrected chi connectivity index (χ0v) is 19.8. The van der Waals surface area contributed by atoms with E-state index in [-0.39, 0.29) is 52.6 Å². The first-order valence-corrected chi connectivity index (χ1v) is 11.3. The third-order valence-corrected chi connectivity index (χ3v) is 5.84. The number of hydrogen-bond acceptors (Lipinski definition) is 7. The van der Waals surface area contributed by atoms with Crippen LogP contribution in [0.15, 0.2) is 88.1 Å². The van der Waals surface area contributed by atoms with Crippen LogP contribution in [0, 0.1) is 0 Å². The highest BCUT2D eigenvalue weighted by Gasteiger charge is 2.23. The van der Waals surface area contributed by atoms with Crippen LogP contribution in [0.4, 0.5) is 0 Å². The van der Waals surface area contributed by atoms with Crippen molar-refractivity contribution in [3.8, 4) is 28.7 Å². The second-order valence-corrected chi connectivity index (χ2v) is 8.12. The van der Waals surface area contributed by atoms with E-state index in [9.17, 15) is 9.90 Å². The molecule has 0 bridgehead atoms. The molecular formula is C29H24O7. The number of rotatable bonds is 8. The van der Waals surface area contributed by atoms with E-state index >= 15 is 0 Å². The first-order valence-electron chi connectivity index (χ1n) is 11.3. The summed E-state index contributed by atoms with van der Waals surface area (Å²) in [5.74, 6) is 1.06. The number of benzene rings is 4. The van der Waals surface area contributed by atoms with Crippen LogP contribution in [0.3, 0.4) is 0 Å². The number of phenolic OH excluding ortho intramolecular Hbond substituents is 1. The Morgan fingerprint density at radius 2 is 1.39 bits per heavy atom. The fourth-order valence-corrected chi connectivity index (χ4v) is 4.09. The summed E-state index contributed by atoms with van der Waals surface area (Å²) in [6.45, 7) is 0.447. The van der Waals surface area contributed by atoms with Crippen LogP contribution in [0.1, 0.15) is 11.1 Å². The summed E-state index contributed by atoms with van der Waals surface area (Å²) in [6, 6.07) is 23.9. The monoisotopic (exact) mass is 484 g/mol. The zero-order chi connectivity index (χ0) is 25.1. The van der Waals surface area contributed by atoms with Crippen molar-refractivity contribution in [2.24, 2.45) is 0 Å². The lowest BCUT2D eigenvalue weighted by Crippen LogP contribution is -2.06. The van der Waals surface area contributed by atoms with Crippen LogP contribution in [0.5, 0.6) is 28.7 Å². The molecule has 0 amide bonds. The minimum atomic E-state index is -0.638. The summed E-state index contributed by atoms with van der Waals surface area (Å²) >= 11 is 0. The van der Waals surface area contributed by atoms with E-state index in [2.05, 4.69) is 0 Å². The molecule has 0 aliphatic carbocycles. The van der Waals surface area contributed by atoms with E-state index in [1.54, 1.807) is 12.1 Å². The fraction of sp³-hybridized carbons (Fsp3) is 0.138. The molecular weight excluding hydrogens is 460 g/mol. The Morgan fingerprint density at radius 3 is 2.00 bits per heavy atom. The van der Waals surface area contributed by atoms with Gasteiger partial charge in [0.2, 0.25) is 5.75 Å². The number of aromatic hydroxyl groups is 1. The van der Waals surface area contributed by atoms with Crippen molar-refractivity contribution < 1.29 is 28.5 Å². The van der Waals surface area contributed by atoms with Crippen molar-refractivity contribution in [3.63, 3.8) is 0 Å². The summed E-state index contributed by atoms with van der Waals surface area (Å²) in [5.41, 5.74) is 1.29. The third-order valence-electron chi connectivity index (χ3n) is 5.84. The van der Waals surface area contributed by atoms with Gasteiger partial charge >= 0.3 is 5.63 Å². The second kappa shape index (κ2) is 9.92. The minimum Gasteiger partial charge on any atom is -0.507 e. The smallest absolute Gasteiger partial charge is 0.348 e. The van der Waals surface area contributed by atoms with E-state index in [0.717, 1.165) is 11.1 Å². The molecule has 0 fully saturated rings. The lowest BCUT2D eigenvalue weighted by atomic mass is 10.0. The van der Waals surface area contributed by atoms with Gasteiger partial charge in [0.1, 0.15) is 35.8 Å². The largest absolute Gasteiger partial charge is 0.507 e. The normalized spacial score (nSPS) is 10.9. The number of phenols is 1. The number of ether oxygens (including phenoxy) is 4. The average Bonchev–Trinajstić information content (AvgIpc) is 2.91. The number of methoxy groups -OCH3 is 2. The SMILES string of the molecule is COc1cc(OCc2ccccc2)c2c(=O)oc3c(OCc4ccccc4)c(OC)cc(O)c3c2c1. The molecule has 7 nitrogen and oxygen atoms in total. The average molecular weight is 485 g/mol. The fourth-order valence-electron chi connectivity index (χ4n) is 4.09. The predicted octanol–water partition coefficient (Wildman–Crippen LogP) is 5.83. The zero-order valence-electron chi connectivity index (χ0n) is 19.8. The van der Waals surface area contributed by atoms with E-state index in [1.165, 1.54) is 20.3 Å². The Bertz CT molecular complexity index is 1580. The van der Waals surface area contributed by atoms with Crippen LogP contribution in [-0.2, 0) is 13.2 Å². The van der Waals surface area contributed by atoms with E-state index in [4.69, 9.17) is 23.4 Å². The molecule has 4 aromatic carbocycles. The summed E-state index contributed by atoms with van der Waals surface area (Å²) < 4.78 is 28.7. The van der Waals surface area contributed by atoms with Crippen LogP contribution < -0.4 is 24.6 Å². The number of hydrogen-bond donors (Lipinski definition) is 1. The molecule has 0 radical (unpaired) electrons. The maximum Gasteiger partial charge on any atom is 0.348 e. The number of fused-ring (bicyclic) bond motifs is 3. The van der Waals surface area contributed by atoms with Gasteiger partial charge in [-0.25, -0.2) is 4.79 Å². The molecule has 5 aromatic rings. The van der Waals surface area contributed by atoms with Crippen LogP contribution in [0.25, 0.3) is 21.7 Å². The summed E-state index contributed by atoms with van der Waals surface area (Å²) in [6.07, 6.45) is 0. The van der Waals surface area contributed by atoms with Crippen molar-refractivity contribution >= 4 is 21.7 Å². The Kier molecular flexibility index (Phi) is 6.36. The molecule has 5 rings (SSSR count). The Hall–Kier alpha value is -4.65. The topological polar surface area (TPSA) is 87.4 Å². The molecule has 0 aliphatic heterocycles. The van der Waals surface area contributed by atoms with Crippen molar-refractivity contribution in [1.82, 2.24) is 0 Å². The minimum absolute atomic E-state index is 0.0718. The van der Waals surface area contributed by atoms with Gasteiger partial charge in [0.25, 0.3) is 0 Å². The molecule has 7 heteroatoms. The first kappa shape index (κ1) is 23.1. The lowest BCUT2D eigenvalue weighted by Gasteiger charge is -2.16. The van der Waals surface area contributed by atoms with Gasteiger partial charge in [-0.2, -0.15) is 0 Å². The van der Waals surface area contributed by atoms with E-state index in [1.807, 2.05) is 60.7 Å². The highest BCUT2D eigenvalue weighted by Crippen LogP contribution is 2.45. The molecule has 36 heavy (non-hydrogen) atoms. The van der Waals surface area contributed by atoms with Crippen molar-refractivity contribution in [1.29, 1.82) is 0 Å². The van der Waals surface area contributed by atoms with Gasteiger partial charge in [-0.1, -0.05) is 60.7 Å². The van der Waals surface area contributed by atoms with Crippen molar-refractivity contribution in [3.05, 3.63) is 100 Å². The van der Waals surface area contributed by atoms with Crippen molar-refractivity contribution in [2.75, 3.05) is 14.2 Å². The predicted molar refractivity (Wildman–Crippen MR) is 136 cm³/mol. The second-order valence-electron chi connectivity index (χ2n) is 8.12. The Morgan fingerprint density at radius 1 is 0.750 bits per heavy atom. The summed E-state index contributed by atoms with van der Waals surface area (Å²) in [4.78, 5) is 13.3. The first-order chi connectivity index (χ1) is 17.6. The van der Waals surface area contributed by atoms with Gasteiger partial charge in [-0.3, -0.25) is 0 Å². The van der Waals surface area contributed by atoms with Gasteiger partial charge < -0.3 is 28.5 Å². The van der Waals surface area contributed by atoms with E-state index < -0.39 is 5.63 Å². The maximum atomic E-state index is 13.3. The van der Waals surface area contributed by atoms with Gasteiger partial charge in [0.15, 0.2) is 11.3 Å². The molecule has 0 atom stereocenters.